The van der Waals surface area contributed by atoms with Crippen LogP contribution in [0.4, 0.5) is 0 Å². The van der Waals surface area contributed by atoms with E-state index in [4.69, 9.17) is 11.5 Å². The SMILES string of the molecule is CN(CN)CC(C)(C)N. The number of hydrogen-bond donors (Lipinski definition) is 2. The van der Waals surface area contributed by atoms with Crippen LogP contribution < -0.4 is 11.5 Å². The Morgan fingerprint density at radius 3 is 2.00 bits per heavy atom. The van der Waals surface area contributed by atoms with Crippen molar-refractivity contribution in [3.8, 4) is 0 Å². The predicted octanol–water partition coefficient (Wildman–Crippen LogP) is -0.428. The third-order valence-electron chi connectivity index (χ3n) is 0.989. The highest BCUT2D eigenvalue weighted by atomic mass is 15.2. The average Bonchev–Trinajstić information content (AvgIpc) is 1.62. The molecule has 9 heavy (non-hydrogen) atoms. The topological polar surface area (TPSA) is 55.3 Å². The standard InChI is InChI=1S/C6H17N3/c1-6(2,8)4-9(3)5-7/h4-5,7-8H2,1-3H3. The molecule has 0 aliphatic heterocycles. The smallest absolute Gasteiger partial charge is 0.0453 e. The van der Waals surface area contributed by atoms with E-state index in [0.717, 1.165) is 6.54 Å². The molecular formula is C6H17N3. The molecule has 0 bridgehead atoms. The van der Waals surface area contributed by atoms with Crippen molar-refractivity contribution in [1.82, 2.24) is 4.90 Å². The lowest BCUT2D eigenvalue weighted by molar-refractivity contribution is 0.276. The Balaban J connectivity index is 3.47. The van der Waals surface area contributed by atoms with Gasteiger partial charge in [-0.3, -0.25) is 4.90 Å². The van der Waals surface area contributed by atoms with Crippen LogP contribution in [0, 0.1) is 0 Å². The van der Waals surface area contributed by atoms with Crippen molar-refractivity contribution in [2.75, 3.05) is 20.3 Å². The van der Waals surface area contributed by atoms with Crippen LogP contribution in [0.2, 0.25) is 0 Å². The highest BCUT2D eigenvalue weighted by molar-refractivity contribution is 4.74. The normalized spacial score (nSPS) is 12.7. The zero-order valence-electron chi connectivity index (χ0n) is 6.52. The zero-order valence-corrected chi connectivity index (χ0v) is 6.52. The van der Waals surface area contributed by atoms with Crippen molar-refractivity contribution in [2.45, 2.75) is 19.4 Å². The molecule has 3 nitrogen and oxygen atoms in total. The molecule has 0 amide bonds. The van der Waals surface area contributed by atoms with Crippen molar-refractivity contribution in [1.29, 1.82) is 0 Å². The average molecular weight is 131 g/mol. The minimum atomic E-state index is -0.131. The maximum Gasteiger partial charge on any atom is 0.0453 e. The van der Waals surface area contributed by atoms with E-state index < -0.39 is 0 Å². The van der Waals surface area contributed by atoms with Crippen LogP contribution in [-0.4, -0.2) is 30.7 Å². The lowest BCUT2D eigenvalue weighted by Gasteiger charge is -2.24. The molecule has 0 rings (SSSR count). The first-order valence-electron chi connectivity index (χ1n) is 3.13. The zero-order chi connectivity index (χ0) is 7.49. The lowest BCUT2D eigenvalue weighted by atomic mass is 10.1. The van der Waals surface area contributed by atoms with Crippen LogP contribution in [0.15, 0.2) is 0 Å². The quantitative estimate of drug-likeness (QED) is 0.511. The highest BCUT2D eigenvalue weighted by Gasteiger charge is 2.11. The van der Waals surface area contributed by atoms with E-state index >= 15 is 0 Å². The van der Waals surface area contributed by atoms with Gasteiger partial charge in [0.1, 0.15) is 0 Å². The molecular weight excluding hydrogens is 114 g/mol. The van der Waals surface area contributed by atoms with Gasteiger partial charge in [-0.25, -0.2) is 0 Å². The summed E-state index contributed by atoms with van der Waals surface area (Å²) in [5.41, 5.74) is 10.9. The molecule has 0 heterocycles. The maximum absolute atomic E-state index is 5.71. The third kappa shape index (κ3) is 5.76. The van der Waals surface area contributed by atoms with E-state index in [0.29, 0.717) is 6.67 Å². The molecule has 0 saturated carbocycles. The second kappa shape index (κ2) is 3.15. The molecule has 4 N–H and O–H groups in total. The van der Waals surface area contributed by atoms with Gasteiger partial charge < -0.3 is 11.5 Å². The minimum absolute atomic E-state index is 0.131. The van der Waals surface area contributed by atoms with Crippen LogP contribution >= 0.6 is 0 Å². The number of nitrogens with two attached hydrogens (primary N) is 2. The van der Waals surface area contributed by atoms with E-state index in [2.05, 4.69) is 0 Å². The second-order valence-electron chi connectivity index (χ2n) is 3.19. The van der Waals surface area contributed by atoms with E-state index in [-0.39, 0.29) is 5.54 Å². The molecule has 0 aromatic heterocycles. The van der Waals surface area contributed by atoms with Gasteiger partial charge in [-0.15, -0.1) is 0 Å². The Kier molecular flexibility index (Phi) is 3.11. The molecule has 0 saturated heterocycles. The van der Waals surface area contributed by atoms with Crippen molar-refractivity contribution >= 4 is 0 Å². The Morgan fingerprint density at radius 2 is 1.89 bits per heavy atom. The highest BCUT2D eigenvalue weighted by Crippen LogP contribution is 1.96. The first-order valence-corrected chi connectivity index (χ1v) is 3.13. The summed E-state index contributed by atoms with van der Waals surface area (Å²) in [7, 11) is 1.95. The molecule has 56 valence electrons. The summed E-state index contributed by atoms with van der Waals surface area (Å²) < 4.78 is 0. The van der Waals surface area contributed by atoms with Gasteiger partial charge in [0.15, 0.2) is 0 Å². The monoisotopic (exact) mass is 131 g/mol. The van der Waals surface area contributed by atoms with Gasteiger partial charge in [0.25, 0.3) is 0 Å². The summed E-state index contributed by atoms with van der Waals surface area (Å²) >= 11 is 0. The van der Waals surface area contributed by atoms with Crippen LogP contribution in [0.25, 0.3) is 0 Å². The summed E-state index contributed by atoms with van der Waals surface area (Å²) in [6.07, 6.45) is 0. The van der Waals surface area contributed by atoms with E-state index in [1.165, 1.54) is 0 Å². The number of nitrogens with zero attached hydrogens (tertiary/aromatic N) is 1. The number of likely N-dealkylation sites (N-methyl/N-ethyl adjacent to an activating group) is 1. The first-order chi connectivity index (χ1) is 3.95. The van der Waals surface area contributed by atoms with Gasteiger partial charge in [-0.05, 0) is 20.9 Å². The molecule has 0 atom stereocenters. The van der Waals surface area contributed by atoms with Crippen LogP contribution in [0.1, 0.15) is 13.8 Å². The van der Waals surface area contributed by atoms with Gasteiger partial charge in [-0.1, -0.05) is 0 Å². The Hall–Kier alpha value is -0.120. The number of rotatable bonds is 3. The minimum Gasteiger partial charge on any atom is -0.324 e. The van der Waals surface area contributed by atoms with E-state index in [1.54, 1.807) is 0 Å². The molecule has 0 aromatic carbocycles. The first kappa shape index (κ1) is 8.88. The summed E-state index contributed by atoms with van der Waals surface area (Å²) in [5.74, 6) is 0. The predicted molar refractivity (Wildman–Crippen MR) is 40.0 cm³/mol. The van der Waals surface area contributed by atoms with Gasteiger partial charge in [0, 0.05) is 18.8 Å². The summed E-state index contributed by atoms with van der Waals surface area (Å²) in [4.78, 5) is 1.99. The van der Waals surface area contributed by atoms with Gasteiger partial charge in [0.05, 0.1) is 0 Å². The molecule has 3 heteroatoms. The van der Waals surface area contributed by atoms with E-state index in [1.807, 2.05) is 25.8 Å². The molecule has 0 aromatic rings. The maximum atomic E-state index is 5.71. The van der Waals surface area contributed by atoms with E-state index in [9.17, 15) is 0 Å². The van der Waals surface area contributed by atoms with Crippen molar-refractivity contribution in [2.24, 2.45) is 11.5 Å². The summed E-state index contributed by atoms with van der Waals surface area (Å²) in [5, 5.41) is 0. The van der Waals surface area contributed by atoms with Crippen LogP contribution in [-0.2, 0) is 0 Å². The number of hydrogen-bond acceptors (Lipinski definition) is 3. The molecule has 0 radical (unpaired) electrons. The van der Waals surface area contributed by atoms with Gasteiger partial charge in [-0.2, -0.15) is 0 Å². The summed E-state index contributed by atoms with van der Waals surface area (Å²) in [6.45, 7) is 5.38. The van der Waals surface area contributed by atoms with Crippen LogP contribution in [0.3, 0.4) is 0 Å². The fraction of sp³-hybridized carbons (Fsp3) is 1.00. The van der Waals surface area contributed by atoms with Crippen molar-refractivity contribution in [3.63, 3.8) is 0 Å². The Labute approximate surface area is 57.0 Å². The molecule has 0 aliphatic carbocycles. The largest absolute Gasteiger partial charge is 0.324 e. The lowest BCUT2D eigenvalue weighted by Crippen LogP contribution is -2.45. The molecule has 0 unspecified atom stereocenters. The van der Waals surface area contributed by atoms with Crippen molar-refractivity contribution in [3.05, 3.63) is 0 Å². The third-order valence-corrected chi connectivity index (χ3v) is 0.989. The van der Waals surface area contributed by atoms with Gasteiger partial charge in [0.2, 0.25) is 0 Å². The molecule has 0 fully saturated rings. The fourth-order valence-electron chi connectivity index (χ4n) is 0.760. The Bertz CT molecular complexity index is 74.9. The molecule has 0 spiro atoms. The second-order valence-corrected chi connectivity index (χ2v) is 3.19. The fourth-order valence-corrected chi connectivity index (χ4v) is 0.760. The van der Waals surface area contributed by atoms with Gasteiger partial charge >= 0.3 is 0 Å². The summed E-state index contributed by atoms with van der Waals surface area (Å²) in [6, 6.07) is 0. The Morgan fingerprint density at radius 1 is 1.44 bits per heavy atom. The van der Waals surface area contributed by atoms with Crippen molar-refractivity contribution < 1.29 is 0 Å². The van der Waals surface area contributed by atoms with Crippen LogP contribution in [0.5, 0.6) is 0 Å². The molecule has 0 aliphatic rings.